The lowest BCUT2D eigenvalue weighted by Crippen LogP contribution is -1.85. The molecule has 0 aliphatic heterocycles. The predicted octanol–water partition coefficient (Wildman–Crippen LogP) is 3.89. The first kappa shape index (κ1) is 9.63. The van der Waals surface area contributed by atoms with Gasteiger partial charge in [0.15, 0.2) is 0 Å². The first-order chi connectivity index (χ1) is 6.25. The van der Waals surface area contributed by atoms with Crippen LogP contribution in [0.4, 0.5) is 0 Å². The molecule has 0 atom stereocenters. The second-order valence-electron chi connectivity index (χ2n) is 3.19. The molecule has 13 heavy (non-hydrogen) atoms. The van der Waals surface area contributed by atoms with Gasteiger partial charge in [-0.05, 0) is 24.8 Å². The Morgan fingerprint density at radius 3 is 2.85 bits per heavy atom. The highest BCUT2D eigenvalue weighted by atomic mass is 35.5. The quantitative estimate of drug-likeness (QED) is 0.736. The maximum atomic E-state index is 5.97. The molecule has 1 aromatic rings. The zero-order chi connectivity index (χ0) is 9.26. The Bertz CT molecular complexity index is 312. The lowest BCUT2D eigenvalue weighted by Gasteiger charge is -2.01. The minimum atomic E-state index is 0.598. The highest BCUT2D eigenvalue weighted by molar-refractivity contribution is 7.99. The van der Waals surface area contributed by atoms with Crippen LogP contribution in [-0.2, 0) is 0 Å². The third-order valence-corrected chi connectivity index (χ3v) is 3.77. The van der Waals surface area contributed by atoms with Gasteiger partial charge >= 0.3 is 0 Å². The maximum Gasteiger partial charge on any atom is 0.115 e. The maximum absolute atomic E-state index is 5.97. The Labute approximate surface area is 91.8 Å². The summed E-state index contributed by atoms with van der Waals surface area (Å²) in [6, 6.07) is 1.74. The van der Waals surface area contributed by atoms with Gasteiger partial charge in [-0.25, -0.2) is 4.98 Å². The van der Waals surface area contributed by atoms with Crippen LogP contribution >= 0.6 is 35.0 Å². The lowest BCUT2D eigenvalue weighted by atomic mass is 10.5. The van der Waals surface area contributed by atoms with Crippen LogP contribution in [0.25, 0.3) is 0 Å². The Hall–Kier alpha value is 0.0800. The molecule has 1 saturated carbocycles. The average molecular weight is 234 g/mol. The van der Waals surface area contributed by atoms with Gasteiger partial charge in [-0.1, -0.05) is 23.2 Å². The van der Waals surface area contributed by atoms with Crippen molar-refractivity contribution in [3.63, 3.8) is 0 Å². The van der Waals surface area contributed by atoms with Crippen molar-refractivity contribution in [1.82, 2.24) is 4.98 Å². The van der Waals surface area contributed by atoms with E-state index in [1.807, 2.05) is 0 Å². The van der Waals surface area contributed by atoms with Crippen molar-refractivity contribution < 1.29 is 0 Å². The van der Waals surface area contributed by atoms with E-state index < -0.39 is 0 Å². The summed E-state index contributed by atoms with van der Waals surface area (Å²) in [6.07, 6.45) is 4.36. The van der Waals surface area contributed by atoms with Gasteiger partial charge in [-0.15, -0.1) is 11.8 Å². The molecule has 2 rings (SSSR count). The first-order valence-electron chi connectivity index (χ1n) is 4.19. The van der Waals surface area contributed by atoms with Gasteiger partial charge in [0.2, 0.25) is 0 Å². The third-order valence-electron chi connectivity index (χ3n) is 1.93. The summed E-state index contributed by atoms with van der Waals surface area (Å²) in [6.45, 7) is 0. The number of hydrogen-bond acceptors (Lipinski definition) is 2. The molecule has 0 saturated heterocycles. The lowest BCUT2D eigenvalue weighted by molar-refractivity contribution is 0.993. The minimum Gasteiger partial charge on any atom is -0.247 e. The number of halogens is 2. The van der Waals surface area contributed by atoms with Gasteiger partial charge in [-0.2, -0.15) is 0 Å². The van der Waals surface area contributed by atoms with Crippen molar-refractivity contribution in [3.05, 3.63) is 22.3 Å². The summed E-state index contributed by atoms with van der Waals surface area (Å²) in [5, 5.41) is 2.16. The molecule has 1 aromatic heterocycles. The van der Waals surface area contributed by atoms with Gasteiger partial charge in [0.25, 0.3) is 0 Å². The summed E-state index contributed by atoms with van der Waals surface area (Å²) in [5.74, 6) is 2.02. The van der Waals surface area contributed by atoms with E-state index in [4.69, 9.17) is 23.2 Å². The fourth-order valence-corrected chi connectivity index (χ4v) is 2.58. The average Bonchev–Trinajstić information content (AvgIpc) is 2.86. The fraction of sp³-hybridized carbons (Fsp3) is 0.444. The number of aromatic nitrogens is 1. The summed E-state index contributed by atoms with van der Waals surface area (Å²) in [5.41, 5.74) is 0. The van der Waals surface area contributed by atoms with Crippen molar-refractivity contribution in [3.8, 4) is 0 Å². The molecule has 1 heterocycles. The van der Waals surface area contributed by atoms with Gasteiger partial charge in [-0.3, -0.25) is 0 Å². The Balaban J connectivity index is 2.01. The van der Waals surface area contributed by atoms with Crippen LogP contribution < -0.4 is 0 Å². The number of pyridine rings is 1. The summed E-state index contributed by atoms with van der Waals surface area (Å²) in [7, 11) is 0. The van der Waals surface area contributed by atoms with Gasteiger partial charge in [0, 0.05) is 11.9 Å². The van der Waals surface area contributed by atoms with Crippen molar-refractivity contribution in [2.45, 2.75) is 17.9 Å². The second-order valence-corrected chi connectivity index (χ2v) is 5.05. The smallest absolute Gasteiger partial charge is 0.115 e. The zero-order valence-electron chi connectivity index (χ0n) is 6.96. The highest BCUT2D eigenvalue weighted by Gasteiger charge is 2.21. The molecule has 1 nitrogen and oxygen atoms in total. The zero-order valence-corrected chi connectivity index (χ0v) is 9.29. The van der Waals surface area contributed by atoms with Crippen molar-refractivity contribution in [1.29, 1.82) is 0 Å². The monoisotopic (exact) mass is 233 g/mol. The number of nitrogens with zero attached hydrogens (tertiary/aromatic N) is 1. The number of hydrogen-bond donors (Lipinski definition) is 0. The normalized spacial score (nSPS) is 16.2. The van der Waals surface area contributed by atoms with Crippen molar-refractivity contribution in [2.75, 3.05) is 5.75 Å². The van der Waals surface area contributed by atoms with Crippen LogP contribution in [0.5, 0.6) is 0 Å². The molecule has 70 valence electrons. The molecule has 1 aliphatic rings. The highest BCUT2D eigenvalue weighted by Crippen LogP contribution is 2.36. The van der Waals surface area contributed by atoms with Crippen molar-refractivity contribution >= 4 is 35.0 Å². The Morgan fingerprint density at radius 1 is 1.46 bits per heavy atom. The van der Waals surface area contributed by atoms with Gasteiger partial charge in [0.05, 0.1) is 10.0 Å². The summed E-state index contributed by atoms with van der Waals surface area (Å²) >= 11 is 13.4. The Morgan fingerprint density at radius 2 is 2.23 bits per heavy atom. The SMILES string of the molecule is Clc1cnc(SCC2CC2)c(Cl)c1. The largest absolute Gasteiger partial charge is 0.247 e. The van der Waals surface area contributed by atoms with Crippen LogP contribution in [0, 0.1) is 5.92 Å². The molecular formula is C9H9Cl2NS. The van der Waals surface area contributed by atoms with Gasteiger partial charge < -0.3 is 0 Å². The molecule has 0 spiro atoms. The van der Waals surface area contributed by atoms with Crippen LogP contribution in [-0.4, -0.2) is 10.7 Å². The van der Waals surface area contributed by atoms with E-state index in [2.05, 4.69) is 4.98 Å². The topological polar surface area (TPSA) is 12.9 Å². The van der Waals surface area contributed by atoms with E-state index in [0.717, 1.165) is 16.7 Å². The minimum absolute atomic E-state index is 0.598. The van der Waals surface area contributed by atoms with E-state index >= 15 is 0 Å². The molecule has 0 unspecified atom stereocenters. The molecule has 0 radical (unpaired) electrons. The van der Waals surface area contributed by atoms with E-state index in [9.17, 15) is 0 Å². The standard InChI is InChI=1S/C9H9Cl2NS/c10-7-3-8(11)9(12-4-7)13-5-6-1-2-6/h3-4,6H,1-2,5H2. The van der Waals surface area contributed by atoms with Crippen LogP contribution in [0.2, 0.25) is 10.0 Å². The van der Waals surface area contributed by atoms with Crippen LogP contribution in [0.3, 0.4) is 0 Å². The van der Waals surface area contributed by atoms with Gasteiger partial charge in [0.1, 0.15) is 5.03 Å². The molecular weight excluding hydrogens is 225 g/mol. The molecule has 1 fully saturated rings. The summed E-state index contributed by atoms with van der Waals surface area (Å²) < 4.78 is 0. The summed E-state index contributed by atoms with van der Waals surface area (Å²) in [4.78, 5) is 4.18. The molecule has 0 bridgehead atoms. The molecule has 1 aliphatic carbocycles. The molecule has 0 amide bonds. The molecule has 0 aromatic carbocycles. The van der Waals surface area contributed by atoms with Crippen LogP contribution in [0.15, 0.2) is 17.3 Å². The second kappa shape index (κ2) is 4.07. The van der Waals surface area contributed by atoms with E-state index in [-0.39, 0.29) is 0 Å². The van der Waals surface area contributed by atoms with Crippen molar-refractivity contribution in [2.24, 2.45) is 5.92 Å². The van der Waals surface area contributed by atoms with E-state index in [1.54, 1.807) is 24.0 Å². The Kier molecular flexibility index (Phi) is 3.02. The first-order valence-corrected chi connectivity index (χ1v) is 5.93. The number of rotatable bonds is 3. The molecule has 4 heteroatoms. The predicted molar refractivity (Wildman–Crippen MR) is 57.7 cm³/mol. The third kappa shape index (κ3) is 2.76. The fourth-order valence-electron chi connectivity index (χ4n) is 0.990. The van der Waals surface area contributed by atoms with Crippen LogP contribution in [0.1, 0.15) is 12.8 Å². The molecule has 0 N–H and O–H groups in total. The van der Waals surface area contributed by atoms with E-state index in [1.165, 1.54) is 12.8 Å². The van der Waals surface area contributed by atoms with E-state index in [0.29, 0.717) is 10.0 Å². The number of thioether (sulfide) groups is 1.